The summed E-state index contributed by atoms with van der Waals surface area (Å²) in [6.07, 6.45) is 7.37. The van der Waals surface area contributed by atoms with E-state index in [9.17, 15) is 4.79 Å². The van der Waals surface area contributed by atoms with Gasteiger partial charge in [-0.25, -0.2) is 5.43 Å². The molecule has 0 radical (unpaired) electrons. The second kappa shape index (κ2) is 5.96. The molecule has 1 aliphatic rings. The molecular weight excluding hydrogens is 232 g/mol. The molecule has 0 atom stereocenters. The average Bonchev–Trinajstić information content (AvgIpc) is 2.76. The maximum atomic E-state index is 11.8. The number of nitrogens with one attached hydrogen (secondary N) is 1. The number of thiophene rings is 1. The first-order valence-corrected chi connectivity index (χ1v) is 7.02. The maximum absolute atomic E-state index is 11.8. The second-order valence-corrected chi connectivity index (χ2v) is 5.48. The Morgan fingerprint density at radius 1 is 1.47 bits per heavy atom. The fourth-order valence-electron chi connectivity index (χ4n) is 2.13. The van der Waals surface area contributed by atoms with Crippen LogP contribution in [-0.2, 0) is 4.79 Å². The molecular formula is C13H18N2OS. The van der Waals surface area contributed by atoms with E-state index in [4.69, 9.17) is 0 Å². The first-order valence-electron chi connectivity index (χ1n) is 6.14. The van der Waals surface area contributed by atoms with Crippen molar-refractivity contribution in [3.63, 3.8) is 0 Å². The van der Waals surface area contributed by atoms with Crippen LogP contribution in [0.5, 0.6) is 0 Å². The van der Waals surface area contributed by atoms with E-state index in [1.807, 2.05) is 12.3 Å². The van der Waals surface area contributed by atoms with Crippen LogP contribution in [0.15, 0.2) is 16.5 Å². The average molecular weight is 250 g/mol. The van der Waals surface area contributed by atoms with Gasteiger partial charge in [-0.1, -0.05) is 19.3 Å². The zero-order valence-electron chi connectivity index (χ0n) is 10.1. The molecule has 4 heteroatoms. The lowest BCUT2D eigenvalue weighted by Gasteiger charge is -2.19. The zero-order valence-corrected chi connectivity index (χ0v) is 10.9. The van der Waals surface area contributed by atoms with E-state index in [0.29, 0.717) is 0 Å². The number of carbonyl (C=O) groups is 1. The third kappa shape index (κ3) is 3.40. The van der Waals surface area contributed by atoms with Crippen molar-refractivity contribution >= 4 is 23.5 Å². The van der Waals surface area contributed by atoms with E-state index in [-0.39, 0.29) is 11.8 Å². The number of hydrazone groups is 1. The van der Waals surface area contributed by atoms with Gasteiger partial charge >= 0.3 is 0 Å². The summed E-state index contributed by atoms with van der Waals surface area (Å²) in [6.45, 7) is 2.04. The van der Waals surface area contributed by atoms with Crippen LogP contribution < -0.4 is 5.43 Å². The van der Waals surface area contributed by atoms with Gasteiger partial charge in [-0.3, -0.25) is 4.79 Å². The van der Waals surface area contributed by atoms with E-state index in [1.165, 1.54) is 24.8 Å². The summed E-state index contributed by atoms with van der Waals surface area (Å²) in [4.78, 5) is 12.9. The Labute approximate surface area is 106 Å². The number of rotatable bonds is 3. The lowest BCUT2D eigenvalue weighted by Crippen LogP contribution is -2.28. The van der Waals surface area contributed by atoms with Crippen molar-refractivity contribution < 1.29 is 4.79 Å². The van der Waals surface area contributed by atoms with Gasteiger partial charge in [-0.15, -0.1) is 11.3 Å². The van der Waals surface area contributed by atoms with Crippen LogP contribution >= 0.6 is 11.3 Å². The van der Waals surface area contributed by atoms with Crippen LogP contribution in [0.25, 0.3) is 0 Å². The first-order chi connectivity index (χ1) is 8.27. The molecule has 1 saturated carbocycles. The Balaban J connectivity index is 1.83. The SMILES string of the molecule is Cc1ccsc1/C=N/NC(=O)C1CCCCC1. The number of aryl methyl sites for hydroxylation is 1. The van der Waals surface area contributed by atoms with Crippen molar-refractivity contribution in [1.29, 1.82) is 0 Å². The Kier molecular flexibility index (Phi) is 4.31. The molecule has 0 bridgehead atoms. The van der Waals surface area contributed by atoms with Crippen LogP contribution in [0.2, 0.25) is 0 Å². The van der Waals surface area contributed by atoms with E-state index >= 15 is 0 Å². The molecule has 1 heterocycles. The Morgan fingerprint density at radius 3 is 2.88 bits per heavy atom. The Morgan fingerprint density at radius 2 is 2.24 bits per heavy atom. The third-order valence-electron chi connectivity index (χ3n) is 3.23. The summed E-state index contributed by atoms with van der Waals surface area (Å²) in [5, 5.41) is 6.06. The predicted octanol–water partition coefficient (Wildman–Crippen LogP) is 3.09. The monoisotopic (exact) mass is 250 g/mol. The molecule has 0 aliphatic heterocycles. The summed E-state index contributed by atoms with van der Waals surface area (Å²) in [5.41, 5.74) is 3.85. The van der Waals surface area contributed by atoms with Crippen LogP contribution in [-0.4, -0.2) is 12.1 Å². The number of hydrogen-bond acceptors (Lipinski definition) is 3. The maximum Gasteiger partial charge on any atom is 0.243 e. The molecule has 1 N–H and O–H groups in total. The van der Waals surface area contributed by atoms with Gasteiger partial charge in [0.25, 0.3) is 0 Å². The lowest BCUT2D eigenvalue weighted by atomic mass is 9.89. The lowest BCUT2D eigenvalue weighted by molar-refractivity contribution is -0.125. The van der Waals surface area contributed by atoms with Crippen LogP contribution in [0.4, 0.5) is 0 Å². The van der Waals surface area contributed by atoms with Crippen molar-refractivity contribution in [3.8, 4) is 0 Å². The third-order valence-corrected chi connectivity index (χ3v) is 4.19. The molecule has 92 valence electrons. The first kappa shape index (κ1) is 12.3. The summed E-state index contributed by atoms with van der Waals surface area (Å²) >= 11 is 1.64. The van der Waals surface area contributed by atoms with Crippen molar-refractivity contribution in [1.82, 2.24) is 5.43 Å². The molecule has 1 aromatic heterocycles. The van der Waals surface area contributed by atoms with Crippen molar-refractivity contribution in [2.75, 3.05) is 0 Å². The normalized spacial score (nSPS) is 17.5. The quantitative estimate of drug-likeness (QED) is 0.650. The number of hydrogen-bond donors (Lipinski definition) is 1. The second-order valence-electron chi connectivity index (χ2n) is 4.54. The van der Waals surface area contributed by atoms with Gasteiger partial charge in [-0.2, -0.15) is 5.10 Å². The number of nitrogens with zero attached hydrogens (tertiary/aromatic N) is 1. The fraction of sp³-hybridized carbons (Fsp3) is 0.538. The Bertz CT molecular complexity index is 405. The minimum atomic E-state index is 0.0789. The molecule has 3 nitrogen and oxygen atoms in total. The molecule has 1 fully saturated rings. The molecule has 17 heavy (non-hydrogen) atoms. The summed E-state index contributed by atoms with van der Waals surface area (Å²) < 4.78 is 0. The molecule has 0 unspecified atom stereocenters. The molecule has 0 spiro atoms. The van der Waals surface area contributed by atoms with E-state index in [2.05, 4.69) is 16.6 Å². The standard InChI is InChI=1S/C13H18N2OS/c1-10-7-8-17-12(10)9-14-15-13(16)11-5-3-2-4-6-11/h7-9,11H,2-6H2,1H3,(H,15,16)/b14-9+. The molecule has 0 aromatic carbocycles. The van der Waals surface area contributed by atoms with E-state index in [0.717, 1.165) is 17.7 Å². The minimum absolute atomic E-state index is 0.0789. The highest BCUT2D eigenvalue weighted by molar-refractivity contribution is 7.11. The smallest absolute Gasteiger partial charge is 0.243 e. The molecule has 1 aromatic rings. The summed E-state index contributed by atoms with van der Waals surface area (Å²) in [7, 11) is 0. The zero-order chi connectivity index (χ0) is 12.1. The van der Waals surface area contributed by atoms with Gasteiger partial charge in [0, 0.05) is 10.8 Å². The molecule has 1 aliphatic carbocycles. The van der Waals surface area contributed by atoms with Gasteiger partial charge < -0.3 is 0 Å². The molecule has 1 amide bonds. The summed E-state index contributed by atoms with van der Waals surface area (Å²) in [5.74, 6) is 0.250. The summed E-state index contributed by atoms with van der Waals surface area (Å²) in [6, 6.07) is 2.05. The topological polar surface area (TPSA) is 41.5 Å². The Hall–Kier alpha value is -1.16. The number of amides is 1. The highest BCUT2D eigenvalue weighted by atomic mass is 32.1. The van der Waals surface area contributed by atoms with E-state index in [1.54, 1.807) is 17.6 Å². The van der Waals surface area contributed by atoms with Crippen LogP contribution in [0, 0.1) is 12.8 Å². The number of carbonyl (C=O) groups excluding carboxylic acids is 1. The predicted molar refractivity (Wildman–Crippen MR) is 71.4 cm³/mol. The highest BCUT2D eigenvalue weighted by Gasteiger charge is 2.20. The van der Waals surface area contributed by atoms with Gasteiger partial charge in [0.1, 0.15) is 0 Å². The van der Waals surface area contributed by atoms with Gasteiger partial charge in [0.15, 0.2) is 0 Å². The van der Waals surface area contributed by atoms with Gasteiger partial charge in [0.05, 0.1) is 6.21 Å². The van der Waals surface area contributed by atoms with Crippen LogP contribution in [0.1, 0.15) is 42.5 Å². The van der Waals surface area contributed by atoms with Crippen molar-refractivity contribution in [2.45, 2.75) is 39.0 Å². The van der Waals surface area contributed by atoms with Crippen molar-refractivity contribution in [2.24, 2.45) is 11.0 Å². The van der Waals surface area contributed by atoms with Crippen molar-refractivity contribution in [3.05, 3.63) is 21.9 Å². The molecule has 0 saturated heterocycles. The molecule has 2 rings (SSSR count). The fourth-order valence-corrected chi connectivity index (χ4v) is 2.91. The minimum Gasteiger partial charge on any atom is -0.273 e. The largest absolute Gasteiger partial charge is 0.273 e. The highest BCUT2D eigenvalue weighted by Crippen LogP contribution is 2.23. The van der Waals surface area contributed by atoms with Gasteiger partial charge in [-0.05, 0) is 36.8 Å². The van der Waals surface area contributed by atoms with E-state index < -0.39 is 0 Å². The van der Waals surface area contributed by atoms with Crippen LogP contribution in [0.3, 0.4) is 0 Å². The van der Waals surface area contributed by atoms with Gasteiger partial charge in [0.2, 0.25) is 5.91 Å².